The third-order valence-corrected chi connectivity index (χ3v) is 3.61. The minimum atomic E-state index is -4.68. The van der Waals surface area contributed by atoms with Crippen molar-refractivity contribution < 1.29 is 27.1 Å². The molecule has 2 rings (SSSR count). The summed E-state index contributed by atoms with van der Waals surface area (Å²) in [4.78, 5) is 23.4. The second kappa shape index (κ2) is 5.96. The third-order valence-electron chi connectivity index (χ3n) is 3.61. The van der Waals surface area contributed by atoms with Crippen LogP contribution < -0.4 is 10.4 Å². The highest BCUT2D eigenvalue weighted by atomic mass is 19.4. The topological polar surface area (TPSA) is 56.5 Å². The lowest BCUT2D eigenvalue weighted by Crippen LogP contribution is -2.26. The van der Waals surface area contributed by atoms with Gasteiger partial charge in [0.25, 0.3) is 0 Å². The number of halogens is 3. The monoisotopic (exact) mass is 342 g/mol. The minimum absolute atomic E-state index is 0.160. The summed E-state index contributed by atoms with van der Waals surface area (Å²) in [6, 6.07) is 2.93. The molecule has 0 atom stereocenters. The first kappa shape index (κ1) is 18.0. The Morgan fingerprint density at radius 2 is 1.83 bits per heavy atom. The van der Waals surface area contributed by atoms with Crippen molar-refractivity contribution in [3.63, 3.8) is 0 Å². The maximum absolute atomic E-state index is 13.1. The van der Waals surface area contributed by atoms with Crippen molar-refractivity contribution >= 4 is 16.8 Å². The molecule has 1 aromatic heterocycles. The number of hydrogen-bond acceptors (Lipinski definition) is 4. The average molecular weight is 342 g/mol. The number of benzene rings is 1. The molecule has 2 aromatic rings. The van der Waals surface area contributed by atoms with E-state index in [1.165, 1.54) is 19.1 Å². The zero-order chi connectivity index (χ0) is 18.3. The molecule has 0 saturated carbocycles. The summed E-state index contributed by atoms with van der Waals surface area (Å²) in [6.45, 7) is 6.46. The van der Waals surface area contributed by atoms with E-state index < -0.39 is 22.8 Å². The molecule has 4 nitrogen and oxygen atoms in total. The van der Waals surface area contributed by atoms with E-state index in [2.05, 4.69) is 0 Å². The van der Waals surface area contributed by atoms with Gasteiger partial charge in [-0.2, -0.15) is 13.2 Å². The number of ether oxygens (including phenoxy) is 1. The van der Waals surface area contributed by atoms with Crippen LogP contribution in [0, 0.1) is 12.3 Å². The third kappa shape index (κ3) is 3.60. The van der Waals surface area contributed by atoms with Crippen LogP contribution in [-0.4, -0.2) is 12.4 Å². The first-order valence-electron chi connectivity index (χ1n) is 7.22. The number of hydrogen-bond donors (Lipinski definition) is 0. The zero-order valence-electron chi connectivity index (χ0n) is 13.7. The van der Waals surface area contributed by atoms with Crippen LogP contribution in [0.5, 0.6) is 5.75 Å². The van der Waals surface area contributed by atoms with Crippen LogP contribution in [0.3, 0.4) is 0 Å². The molecule has 1 heterocycles. The summed E-state index contributed by atoms with van der Waals surface area (Å²) < 4.78 is 49.5. The lowest BCUT2D eigenvalue weighted by atomic mass is 9.91. The van der Waals surface area contributed by atoms with E-state index in [0.29, 0.717) is 6.07 Å². The van der Waals surface area contributed by atoms with Gasteiger partial charge in [-0.15, -0.1) is 0 Å². The summed E-state index contributed by atoms with van der Waals surface area (Å²) in [6.07, 6.45) is -4.68. The number of carbonyl (C=O) groups is 1. The Bertz CT molecular complexity index is 842. The van der Waals surface area contributed by atoms with Gasteiger partial charge >= 0.3 is 11.8 Å². The van der Waals surface area contributed by atoms with Gasteiger partial charge in [0.1, 0.15) is 17.9 Å². The Balaban J connectivity index is 2.48. The molecule has 0 N–H and O–H groups in total. The van der Waals surface area contributed by atoms with Crippen LogP contribution in [0.1, 0.15) is 31.9 Å². The number of Topliss-reactive ketones (excluding diaryl/α,β-unsaturated/α-hetero) is 1. The summed E-state index contributed by atoms with van der Waals surface area (Å²) >= 11 is 0. The Morgan fingerprint density at radius 3 is 2.38 bits per heavy atom. The maximum Gasteiger partial charge on any atom is 0.417 e. The number of alkyl halides is 3. The molecule has 0 bridgehead atoms. The highest BCUT2D eigenvalue weighted by Crippen LogP contribution is 2.36. The number of carbonyl (C=O) groups excluding carboxylic acids is 1. The minimum Gasteiger partial charge on any atom is -0.485 e. The first-order chi connectivity index (χ1) is 10.9. The van der Waals surface area contributed by atoms with Crippen LogP contribution in [0.25, 0.3) is 11.0 Å². The van der Waals surface area contributed by atoms with Gasteiger partial charge in [0.05, 0.1) is 5.56 Å². The fourth-order valence-corrected chi connectivity index (χ4v) is 2.09. The molecule has 0 radical (unpaired) electrons. The standard InChI is InChI=1S/C17H17F3O4/c1-9-12(23-8-13(21)16(2,3)4)6-5-10-11(17(18,19)20)7-14(22)24-15(9)10/h5-7H,8H2,1-4H3. The van der Waals surface area contributed by atoms with E-state index in [9.17, 15) is 22.8 Å². The first-order valence-corrected chi connectivity index (χ1v) is 7.22. The lowest BCUT2D eigenvalue weighted by Gasteiger charge is -2.18. The highest BCUT2D eigenvalue weighted by molar-refractivity contribution is 5.87. The van der Waals surface area contributed by atoms with E-state index in [0.717, 1.165) is 0 Å². The molecular formula is C17H17F3O4. The summed E-state index contributed by atoms with van der Waals surface area (Å²) in [7, 11) is 0. The summed E-state index contributed by atoms with van der Waals surface area (Å²) in [5.41, 5.74) is -2.72. The molecule has 0 spiro atoms. The summed E-state index contributed by atoms with van der Waals surface area (Å²) in [5, 5.41) is -0.228. The number of fused-ring (bicyclic) bond motifs is 1. The predicted molar refractivity (Wildman–Crippen MR) is 82.2 cm³/mol. The number of rotatable bonds is 3. The van der Waals surface area contributed by atoms with E-state index in [1.807, 2.05) is 0 Å². The van der Waals surface area contributed by atoms with Gasteiger partial charge in [-0.25, -0.2) is 4.79 Å². The quantitative estimate of drug-likeness (QED) is 0.788. The van der Waals surface area contributed by atoms with Crippen LogP contribution in [0.15, 0.2) is 27.4 Å². The highest BCUT2D eigenvalue weighted by Gasteiger charge is 2.34. The van der Waals surface area contributed by atoms with Crippen LogP contribution >= 0.6 is 0 Å². The van der Waals surface area contributed by atoms with Gasteiger partial charge in [0.15, 0.2) is 5.78 Å². The normalized spacial score (nSPS) is 12.5. The van der Waals surface area contributed by atoms with Crippen molar-refractivity contribution in [1.29, 1.82) is 0 Å². The Labute approximate surface area is 136 Å². The molecule has 130 valence electrons. The Morgan fingerprint density at radius 1 is 1.21 bits per heavy atom. The van der Waals surface area contributed by atoms with Gasteiger partial charge in [-0.1, -0.05) is 20.8 Å². The predicted octanol–water partition coefficient (Wildman–Crippen LogP) is 4.11. The smallest absolute Gasteiger partial charge is 0.417 e. The number of aryl methyl sites for hydroxylation is 1. The fraction of sp³-hybridized carbons (Fsp3) is 0.412. The fourth-order valence-electron chi connectivity index (χ4n) is 2.09. The van der Waals surface area contributed by atoms with E-state index in [-0.39, 0.29) is 34.7 Å². The van der Waals surface area contributed by atoms with Crippen molar-refractivity contribution in [1.82, 2.24) is 0 Å². The molecule has 0 aliphatic rings. The molecule has 0 unspecified atom stereocenters. The Hall–Kier alpha value is -2.31. The largest absolute Gasteiger partial charge is 0.485 e. The molecule has 0 aliphatic heterocycles. The van der Waals surface area contributed by atoms with Crippen LogP contribution in [0.4, 0.5) is 13.2 Å². The molecule has 0 saturated heterocycles. The van der Waals surface area contributed by atoms with Crippen molar-refractivity contribution in [2.24, 2.45) is 5.41 Å². The van der Waals surface area contributed by atoms with Crippen molar-refractivity contribution in [2.45, 2.75) is 33.9 Å². The summed E-state index contributed by atoms with van der Waals surface area (Å²) in [5.74, 6) is 0.0371. The van der Waals surface area contributed by atoms with Crippen LogP contribution in [-0.2, 0) is 11.0 Å². The molecule has 0 aliphatic carbocycles. The number of ketones is 1. The van der Waals surface area contributed by atoms with E-state index in [4.69, 9.17) is 9.15 Å². The van der Waals surface area contributed by atoms with Gasteiger partial charge in [-0.3, -0.25) is 4.79 Å². The van der Waals surface area contributed by atoms with E-state index in [1.54, 1.807) is 20.8 Å². The van der Waals surface area contributed by atoms with Crippen molar-refractivity contribution in [3.05, 3.63) is 39.7 Å². The van der Waals surface area contributed by atoms with Crippen LogP contribution in [0.2, 0.25) is 0 Å². The van der Waals surface area contributed by atoms with Gasteiger partial charge in [0, 0.05) is 22.4 Å². The van der Waals surface area contributed by atoms with Gasteiger partial charge in [0.2, 0.25) is 0 Å². The zero-order valence-corrected chi connectivity index (χ0v) is 13.7. The molecule has 24 heavy (non-hydrogen) atoms. The lowest BCUT2D eigenvalue weighted by molar-refractivity contribution is -0.136. The molecule has 0 fully saturated rings. The maximum atomic E-state index is 13.1. The molecule has 7 heteroatoms. The SMILES string of the molecule is Cc1c(OCC(=O)C(C)(C)C)ccc2c(C(F)(F)F)cc(=O)oc12. The average Bonchev–Trinajstić information content (AvgIpc) is 2.44. The van der Waals surface area contributed by atoms with Crippen molar-refractivity contribution in [3.8, 4) is 5.75 Å². The molecule has 1 aromatic carbocycles. The van der Waals surface area contributed by atoms with E-state index >= 15 is 0 Å². The Kier molecular flexibility index (Phi) is 4.48. The van der Waals surface area contributed by atoms with Crippen molar-refractivity contribution in [2.75, 3.05) is 6.61 Å². The van der Waals surface area contributed by atoms with Gasteiger partial charge in [-0.05, 0) is 19.1 Å². The molecular weight excluding hydrogens is 325 g/mol. The van der Waals surface area contributed by atoms with Gasteiger partial charge < -0.3 is 9.15 Å². The molecule has 0 amide bonds. The second-order valence-corrected chi connectivity index (χ2v) is 6.50. The second-order valence-electron chi connectivity index (χ2n) is 6.50.